The summed E-state index contributed by atoms with van der Waals surface area (Å²) in [5.74, 6) is 0.733. The van der Waals surface area contributed by atoms with Gasteiger partial charge in [-0.3, -0.25) is 0 Å². The van der Waals surface area contributed by atoms with E-state index in [2.05, 4.69) is 83.2 Å². The number of nitrogens with one attached hydrogen (secondary N) is 1. The van der Waals surface area contributed by atoms with E-state index in [1.807, 2.05) is 0 Å². The fourth-order valence-corrected chi connectivity index (χ4v) is 2.81. The van der Waals surface area contributed by atoms with Gasteiger partial charge in [-0.1, -0.05) is 50.6 Å². The summed E-state index contributed by atoms with van der Waals surface area (Å²) in [7, 11) is 4.14. The molecule has 0 fully saturated rings. The fraction of sp³-hybridized carbons (Fsp3) is 0.524. The number of hydrogen-bond acceptors (Lipinski definition) is 4. The summed E-state index contributed by atoms with van der Waals surface area (Å²) in [6, 6.07) is 8.73. The van der Waals surface area contributed by atoms with E-state index in [-0.39, 0.29) is 5.41 Å². The van der Waals surface area contributed by atoms with Gasteiger partial charge in [-0.2, -0.15) is 0 Å². The molecule has 0 radical (unpaired) electrons. The first-order valence-electron chi connectivity index (χ1n) is 8.99. The Kier molecular flexibility index (Phi) is 6.17. The molecular weight excluding hydrogens is 308 g/mol. The van der Waals surface area contributed by atoms with Crippen molar-refractivity contribution in [1.82, 2.24) is 14.9 Å². The highest BCUT2D eigenvalue weighted by Gasteiger charge is 2.23. The van der Waals surface area contributed by atoms with Gasteiger partial charge in [-0.25, -0.2) is 9.97 Å². The first-order valence-corrected chi connectivity index (χ1v) is 8.99. The van der Waals surface area contributed by atoms with Gasteiger partial charge < -0.3 is 10.2 Å². The van der Waals surface area contributed by atoms with Crippen molar-refractivity contribution in [2.24, 2.45) is 0 Å². The van der Waals surface area contributed by atoms with E-state index in [9.17, 15) is 0 Å². The molecule has 0 aliphatic rings. The second kappa shape index (κ2) is 7.96. The number of anilines is 1. The van der Waals surface area contributed by atoms with Crippen molar-refractivity contribution < 1.29 is 0 Å². The van der Waals surface area contributed by atoms with E-state index >= 15 is 0 Å². The SMILES string of the molecule is Cc1ccc(Cc2c(C)nc(NCCN(C)C)nc2C(C)(C)C)cc1. The molecule has 1 N–H and O–H groups in total. The number of aromatic nitrogens is 2. The third-order valence-electron chi connectivity index (χ3n) is 4.27. The summed E-state index contributed by atoms with van der Waals surface area (Å²) in [6.45, 7) is 12.7. The second-order valence-corrected chi connectivity index (χ2v) is 8.10. The average Bonchev–Trinajstić information content (AvgIpc) is 2.50. The van der Waals surface area contributed by atoms with Crippen molar-refractivity contribution in [3.63, 3.8) is 0 Å². The Balaban J connectivity index is 2.33. The quantitative estimate of drug-likeness (QED) is 0.864. The summed E-state index contributed by atoms with van der Waals surface area (Å²) in [5.41, 5.74) is 6.01. The van der Waals surface area contributed by atoms with Gasteiger partial charge in [0.2, 0.25) is 5.95 Å². The summed E-state index contributed by atoms with van der Waals surface area (Å²) in [5, 5.41) is 3.36. The molecule has 0 bridgehead atoms. The van der Waals surface area contributed by atoms with Crippen LogP contribution in [0.3, 0.4) is 0 Å². The Morgan fingerprint density at radius 2 is 1.64 bits per heavy atom. The molecule has 0 aliphatic heterocycles. The maximum absolute atomic E-state index is 4.87. The van der Waals surface area contributed by atoms with Gasteiger partial charge in [0, 0.05) is 30.6 Å². The van der Waals surface area contributed by atoms with Crippen LogP contribution in [0.15, 0.2) is 24.3 Å². The molecule has 2 rings (SSSR count). The van der Waals surface area contributed by atoms with Crippen LogP contribution in [0.2, 0.25) is 0 Å². The van der Waals surface area contributed by atoms with Crippen molar-refractivity contribution in [2.45, 2.75) is 46.5 Å². The third kappa shape index (κ3) is 5.53. The highest BCUT2D eigenvalue weighted by Crippen LogP contribution is 2.28. The zero-order valence-electron chi connectivity index (χ0n) is 16.8. The maximum Gasteiger partial charge on any atom is 0.223 e. The molecule has 25 heavy (non-hydrogen) atoms. The van der Waals surface area contributed by atoms with Crippen LogP contribution in [-0.2, 0) is 11.8 Å². The second-order valence-electron chi connectivity index (χ2n) is 8.10. The predicted molar refractivity (Wildman–Crippen MR) is 106 cm³/mol. The van der Waals surface area contributed by atoms with Crippen molar-refractivity contribution in [3.8, 4) is 0 Å². The zero-order chi connectivity index (χ0) is 18.6. The summed E-state index contributed by atoms with van der Waals surface area (Å²) >= 11 is 0. The molecule has 136 valence electrons. The smallest absolute Gasteiger partial charge is 0.223 e. The number of benzene rings is 1. The van der Waals surface area contributed by atoms with Crippen LogP contribution in [0.5, 0.6) is 0 Å². The zero-order valence-corrected chi connectivity index (χ0v) is 16.8. The number of likely N-dealkylation sites (N-methyl/N-ethyl adjacent to an activating group) is 1. The van der Waals surface area contributed by atoms with Crippen LogP contribution in [0.25, 0.3) is 0 Å². The number of nitrogens with zero attached hydrogens (tertiary/aromatic N) is 3. The summed E-state index contributed by atoms with van der Waals surface area (Å²) in [4.78, 5) is 11.7. The Labute approximate surface area is 152 Å². The molecule has 4 heteroatoms. The van der Waals surface area contributed by atoms with Gasteiger partial charge >= 0.3 is 0 Å². The number of hydrogen-bond donors (Lipinski definition) is 1. The van der Waals surface area contributed by atoms with Crippen molar-refractivity contribution in [3.05, 3.63) is 52.3 Å². The molecule has 0 spiro atoms. The molecule has 1 aromatic heterocycles. The van der Waals surface area contributed by atoms with E-state index in [0.717, 1.165) is 36.8 Å². The lowest BCUT2D eigenvalue weighted by Gasteiger charge is -2.24. The molecule has 0 saturated carbocycles. The van der Waals surface area contributed by atoms with E-state index in [4.69, 9.17) is 9.97 Å². The van der Waals surface area contributed by atoms with Gasteiger partial charge in [-0.05, 0) is 39.1 Å². The molecule has 0 atom stereocenters. The molecule has 1 aromatic carbocycles. The fourth-order valence-electron chi connectivity index (χ4n) is 2.81. The Morgan fingerprint density at radius 3 is 2.20 bits per heavy atom. The molecule has 2 aromatic rings. The number of rotatable bonds is 6. The van der Waals surface area contributed by atoms with E-state index < -0.39 is 0 Å². The third-order valence-corrected chi connectivity index (χ3v) is 4.27. The first kappa shape index (κ1) is 19.4. The van der Waals surface area contributed by atoms with Crippen LogP contribution in [-0.4, -0.2) is 42.1 Å². The van der Waals surface area contributed by atoms with Crippen molar-refractivity contribution in [1.29, 1.82) is 0 Å². The largest absolute Gasteiger partial charge is 0.353 e. The van der Waals surface area contributed by atoms with E-state index in [1.54, 1.807) is 0 Å². The molecular formula is C21H32N4. The molecule has 1 heterocycles. The first-order chi connectivity index (χ1) is 11.7. The van der Waals surface area contributed by atoms with Gasteiger partial charge in [0.25, 0.3) is 0 Å². The number of aryl methyl sites for hydroxylation is 2. The minimum atomic E-state index is -0.0221. The monoisotopic (exact) mass is 340 g/mol. The predicted octanol–water partition coefficient (Wildman–Crippen LogP) is 3.96. The van der Waals surface area contributed by atoms with Crippen molar-refractivity contribution in [2.75, 3.05) is 32.5 Å². The topological polar surface area (TPSA) is 41.1 Å². The molecule has 0 aliphatic carbocycles. The van der Waals surface area contributed by atoms with Crippen LogP contribution in [0.1, 0.15) is 48.8 Å². The minimum absolute atomic E-state index is 0.0221. The molecule has 0 unspecified atom stereocenters. The van der Waals surface area contributed by atoms with E-state index in [1.165, 1.54) is 16.7 Å². The van der Waals surface area contributed by atoms with Crippen LogP contribution >= 0.6 is 0 Å². The summed E-state index contributed by atoms with van der Waals surface area (Å²) in [6.07, 6.45) is 0.872. The van der Waals surface area contributed by atoms with E-state index in [0.29, 0.717) is 0 Å². The Morgan fingerprint density at radius 1 is 1.00 bits per heavy atom. The average molecular weight is 341 g/mol. The molecule has 0 saturated heterocycles. The van der Waals surface area contributed by atoms with Gasteiger partial charge in [0.15, 0.2) is 0 Å². The lowest BCUT2D eigenvalue weighted by atomic mass is 9.86. The lowest BCUT2D eigenvalue weighted by Crippen LogP contribution is -2.24. The normalized spacial score (nSPS) is 11.8. The molecule has 4 nitrogen and oxygen atoms in total. The highest BCUT2D eigenvalue weighted by atomic mass is 15.1. The standard InChI is InChI=1S/C21H32N4/c1-15-8-10-17(11-9-15)14-18-16(2)23-20(22-12-13-25(6)7)24-19(18)21(3,4)5/h8-11H,12-14H2,1-7H3,(H,22,23,24). The molecule has 0 amide bonds. The minimum Gasteiger partial charge on any atom is -0.353 e. The Hall–Kier alpha value is -1.94. The lowest BCUT2D eigenvalue weighted by molar-refractivity contribution is 0.424. The van der Waals surface area contributed by atoms with Gasteiger partial charge in [0.05, 0.1) is 5.69 Å². The van der Waals surface area contributed by atoms with Gasteiger partial charge in [-0.15, -0.1) is 0 Å². The summed E-state index contributed by atoms with van der Waals surface area (Å²) < 4.78 is 0. The Bertz CT molecular complexity index is 697. The van der Waals surface area contributed by atoms with Gasteiger partial charge in [0.1, 0.15) is 0 Å². The maximum atomic E-state index is 4.87. The van der Waals surface area contributed by atoms with Crippen LogP contribution in [0, 0.1) is 13.8 Å². The van der Waals surface area contributed by atoms with Crippen LogP contribution in [0.4, 0.5) is 5.95 Å². The van der Waals surface area contributed by atoms with Crippen molar-refractivity contribution >= 4 is 5.95 Å². The van der Waals surface area contributed by atoms with Crippen LogP contribution < -0.4 is 5.32 Å². The highest BCUT2D eigenvalue weighted by molar-refractivity contribution is 5.40.